The van der Waals surface area contributed by atoms with E-state index < -0.39 is 0 Å². The van der Waals surface area contributed by atoms with Crippen molar-refractivity contribution < 1.29 is 4.42 Å². The Kier molecular flexibility index (Phi) is 6.95. The molecule has 0 amide bonds. The molecule has 13 rings (SSSR count). The number of rotatable bonds is 4. The maximum absolute atomic E-state index is 6.89. The SMILES string of the molecule is c1ccc(-c2nc(-c3ccc4c(c3)oc3c5ccccc5c(-n5c6ccccc6c6cc7ccccc7cc65)cc43)nc(-c3cc4ccccc4c4ccccc34)n2)cc1. The summed E-state index contributed by atoms with van der Waals surface area (Å²) in [6.45, 7) is 0. The first kappa shape index (κ1) is 32.9. The molecule has 0 N–H and O–H groups in total. The normalized spacial score (nSPS) is 12.0. The quantitative estimate of drug-likeness (QED) is 0.167. The maximum Gasteiger partial charge on any atom is 0.164 e. The van der Waals surface area contributed by atoms with E-state index in [-0.39, 0.29) is 0 Å². The maximum atomic E-state index is 6.89. The van der Waals surface area contributed by atoms with E-state index in [1.54, 1.807) is 0 Å². The minimum atomic E-state index is 0.585. The third-order valence-corrected chi connectivity index (χ3v) is 12.2. The average molecular weight is 765 g/mol. The van der Waals surface area contributed by atoms with Gasteiger partial charge in [0.1, 0.15) is 11.2 Å². The highest BCUT2D eigenvalue weighted by Crippen LogP contribution is 2.43. The highest BCUT2D eigenvalue weighted by atomic mass is 16.3. The van der Waals surface area contributed by atoms with Crippen molar-refractivity contribution >= 4 is 86.8 Å². The first-order valence-electron chi connectivity index (χ1n) is 20.3. The molecule has 0 saturated heterocycles. The third kappa shape index (κ3) is 4.90. The zero-order valence-corrected chi connectivity index (χ0v) is 32.2. The summed E-state index contributed by atoms with van der Waals surface area (Å²) in [6.07, 6.45) is 0. The van der Waals surface area contributed by atoms with Crippen LogP contribution in [0, 0.1) is 0 Å². The minimum Gasteiger partial charge on any atom is -0.455 e. The summed E-state index contributed by atoms with van der Waals surface area (Å²) in [7, 11) is 0. The van der Waals surface area contributed by atoms with E-state index in [2.05, 4.69) is 168 Å². The molecule has 0 radical (unpaired) electrons. The van der Waals surface area contributed by atoms with Crippen LogP contribution in [0.1, 0.15) is 0 Å². The van der Waals surface area contributed by atoms with Gasteiger partial charge in [0, 0.05) is 49.0 Å². The number of benzene rings is 10. The minimum absolute atomic E-state index is 0.585. The Hall–Kier alpha value is -8.15. The van der Waals surface area contributed by atoms with Crippen molar-refractivity contribution in [1.82, 2.24) is 19.5 Å². The molecule has 0 unspecified atom stereocenters. The molecule has 10 aromatic carbocycles. The number of hydrogen-bond donors (Lipinski definition) is 0. The van der Waals surface area contributed by atoms with E-state index in [1.165, 1.54) is 43.4 Å². The molecule has 3 aromatic heterocycles. The van der Waals surface area contributed by atoms with Crippen molar-refractivity contribution in [2.75, 3.05) is 0 Å². The number of nitrogens with zero attached hydrogens (tertiary/aromatic N) is 4. The van der Waals surface area contributed by atoms with Gasteiger partial charge in [-0.3, -0.25) is 0 Å². The van der Waals surface area contributed by atoms with E-state index in [1.807, 2.05) is 30.3 Å². The molecule has 278 valence electrons. The van der Waals surface area contributed by atoms with Crippen LogP contribution in [0.15, 0.2) is 199 Å². The fourth-order valence-electron chi connectivity index (χ4n) is 9.40. The second-order valence-corrected chi connectivity index (χ2v) is 15.6. The van der Waals surface area contributed by atoms with Crippen molar-refractivity contribution in [1.29, 1.82) is 0 Å². The molecule has 3 heterocycles. The van der Waals surface area contributed by atoms with Crippen molar-refractivity contribution in [2.45, 2.75) is 0 Å². The van der Waals surface area contributed by atoms with Crippen LogP contribution in [0.2, 0.25) is 0 Å². The molecule has 0 spiro atoms. The smallest absolute Gasteiger partial charge is 0.164 e. The van der Waals surface area contributed by atoms with E-state index in [0.717, 1.165) is 65.9 Å². The van der Waals surface area contributed by atoms with Crippen molar-refractivity contribution in [3.63, 3.8) is 0 Å². The van der Waals surface area contributed by atoms with Gasteiger partial charge in [-0.05, 0) is 74.8 Å². The van der Waals surface area contributed by atoms with Crippen LogP contribution in [-0.2, 0) is 0 Å². The average Bonchev–Trinajstić information content (AvgIpc) is 3.85. The number of furan rings is 1. The van der Waals surface area contributed by atoms with Crippen molar-refractivity contribution in [2.24, 2.45) is 0 Å². The monoisotopic (exact) mass is 764 g/mol. The van der Waals surface area contributed by atoms with Crippen LogP contribution in [0.5, 0.6) is 0 Å². The Labute approximate surface area is 343 Å². The summed E-state index contributed by atoms with van der Waals surface area (Å²) in [5.74, 6) is 1.83. The highest BCUT2D eigenvalue weighted by molar-refractivity contribution is 6.20. The molecule has 5 heteroatoms. The first-order valence-corrected chi connectivity index (χ1v) is 20.3. The second-order valence-electron chi connectivity index (χ2n) is 15.6. The summed E-state index contributed by atoms with van der Waals surface area (Å²) in [6, 6.07) is 68.6. The lowest BCUT2D eigenvalue weighted by atomic mass is 9.97. The Morgan fingerprint density at radius 1 is 0.333 bits per heavy atom. The van der Waals surface area contributed by atoms with Crippen LogP contribution in [0.25, 0.3) is 127 Å². The predicted molar refractivity (Wildman–Crippen MR) is 248 cm³/mol. The van der Waals surface area contributed by atoms with Crippen molar-refractivity contribution in [3.8, 4) is 39.9 Å². The summed E-state index contributed by atoms with van der Waals surface area (Å²) in [5.41, 5.74) is 7.83. The number of para-hydroxylation sites is 1. The van der Waals surface area contributed by atoms with Gasteiger partial charge in [0.25, 0.3) is 0 Å². The molecule has 0 aliphatic heterocycles. The van der Waals surface area contributed by atoms with E-state index in [9.17, 15) is 0 Å². The molecule has 13 aromatic rings. The number of hydrogen-bond acceptors (Lipinski definition) is 4. The Bertz CT molecular complexity index is 3900. The van der Waals surface area contributed by atoms with Crippen LogP contribution in [0.4, 0.5) is 0 Å². The Balaban J connectivity index is 1.04. The van der Waals surface area contributed by atoms with Gasteiger partial charge in [-0.15, -0.1) is 0 Å². The molecule has 0 saturated carbocycles. The van der Waals surface area contributed by atoms with E-state index in [4.69, 9.17) is 19.4 Å². The zero-order valence-electron chi connectivity index (χ0n) is 32.2. The van der Waals surface area contributed by atoms with Gasteiger partial charge in [-0.1, -0.05) is 152 Å². The number of aromatic nitrogens is 4. The Morgan fingerprint density at radius 2 is 0.950 bits per heavy atom. The fourth-order valence-corrected chi connectivity index (χ4v) is 9.40. The molecular formula is C55H32N4O. The topological polar surface area (TPSA) is 56.7 Å². The van der Waals surface area contributed by atoms with Crippen LogP contribution >= 0.6 is 0 Å². The standard InChI is InChI=1S/C55H32N4O/c1-2-14-33(15-3-1)53-56-54(58-55(57-53)47-29-36-18-6-7-19-38(36)39-20-8-9-21-40(39)47)37-26-27-43-46-32-50(41-22-10-11-24-44(41)52(46)60-51(43)31-37)59-48-25-13-12-23-42(48)45-28-34-16-4-5-17-35(34)30-49(45)59/h1-32H. The summed E-state index contributed by atoms with van der Waals surface area (Å²) >= 11 is 0. The van der Waals surface area contributed by atoms with Gasteiger partial charge in [-0.2, -0.15) is 0 Å². The fraction of sp³-hybridized carbons (Fsp3) is 0. The molecule has 0 fully saturated rings. The second kappa shape index (κ2) is 12.7. The number of fused-ring (bicyclic) bond motifs is 12. The van der Waals surface area contributed by atoms with Gasteiger partial charge < -0.3 is 8.98 Å². The van der Waals surface area contributed by atoms with Gasteiger partial charge in [-0.25, -0.2) is 15.0 Å². The molecule has 5 nitrogen and oxygen atoms in total. The van der Waals surface area contributed by atoms with Crippen LogP contribution in [0.3, 0.4) is 0 Å². The summed E-state index contributed by atoms with van der Waals surface area (Å²) < 4.78 is 9.32. The van der Waals surface area contributed by atoms with Gasteiger partial charge in [0.2, 0.25) is 0 Å². The summed E-state index contributed by atoms with van der Waals surface area (Å²) in [5, 5.41) is 13.8. The summed E-state index contributed by atoms with van der Waals surface area (Å²) in [4.78, 5) is 15.5. The zero-order chi connectivity index (χ0) is 39.3. The van der Waals surface area contributed by atoms with Gasteiger partial charge in [0.15, 0.2) is 17.5 Å². The lowest BCUT2D eigenvalue weighted by Gasteiger charge is -2.13. The molecule has 0 bridgehead atoms. The molecule has 0 aliphatic rings. The lowest BCUT2D eigenvalue weighted by Crippen LogP contribution is -2.00. The largest absolute Gasteiger partial charge is 0.455 e. The predicted octanol–water partition coefficient (Wildman–Crippen LogP) is 14.5. The van der Waals surface area contributed by atoms with E-state index >= 15 is 0 Å². The molecular weight excluding hydrogens is 733 g/mol. The van der Waals surface area contributed by atoms with Gasteiger partial charge >= 0.3 is 0 Å². The molecule has 60 heavy (non-hydrogen) atoms. The van der Waals surface area contributed by atoms with Crippen LogP contribution in [-0.4, -0.2) is 19.5 Å². The van der Waals surface area contributed by atoms with Crippen molar-refractivity contribution in [3.05, 3.63) is 194 Å². The molecule has 0 atom stereocenters. The third-order valence-electron chi connectivity index (χ3n) is 12.2. The molecule has 0 aliphatic carbocycles. The van der Waals surface area contributed by atoms with Crippen LogP contribution < -0.4 is 0 Å². The first-order chi connectivity index (χ1) is 29.7. The lowest BCUT2D eigenvalue weighted by molar-refractivity contribution is 0.672. The highest BCUT2D eigenvalue weighted by Gasteiger charge is 2.21. The van der Waals surface area contributed by atoms with E-state index in [0.29, 0.717) is 17.5 Å². The Morgan fingerprint density at radius 3 is 1.77 bits per heavy atom. The van der Waals surface area contributed by atoms with Gasteiger partial charge in [0.05, 0.1) is 16.7 Å².